The van der Waals surface area contributed by atoms with Gasteiger partial charge in [-0.1, -0.05) is 18.2 Å². The first kappa shape index (κ1) is 17.5. The average Bonchev–Trinajstić information content (AvgIpc) is 2.64. The van der Waals surface area contributed by atoms with E-state index in [9.17, 15) is 23.1 Å². The lowest BCUT2D eigenvalue weighted by molar-refractivity contribution is -0.141. The molecule has 140 valence electrons. The second-order valence-electron chi connectivity index (χ2n) is 6.37. The number of fused-ring (bicyclic) bond motifs is 1. The summed E-state index contributed by atoms with van der Waals surface area (Å²) in [4.78, 5) is 20.3. The summed E-state index contributed by atoms with van der Waals surface area (Å²) in [6, 6.07) is 10.0. The van der Waals surface area contributed by atoms with Crippen LogP contribution in [0.4, 0.5) is 19.0 Å². The minimum Gasteiger partial charge on any atom is -0.391 e. The highest BCUT2D eigenvalue weighted by Crippen LogP contribution is 2.31. The molecule has 1 aliphatic rings. The molecular formula is C18H15F3N4O2. The van der Waals surface area contributed by atoms with Crippen LogP contribution >= 0.6 is 0 Å². The number of rotatable bonds is 3. The summed E-state index contributed by atoms with van der Waals surface area (Å²) in [7, 11) is 0. The number of aliphatic hydroxyl groups excluding tert-OH is 1. The topological polar surface area (TPSA) is 80.0 Å². The Morgan fingerprint density at radius 2 is 1.81 bits per heavy atom. The zero-order valence-corrected chi connectivity index (χ0v) is 13.9. The minimum atomic E-state index is -4.65. The Morgan fingerprint density at radius 3 is 2.41 bits per heavy atom. The Balaban J connectivity index is 1.96. The van der Waals surface area contributed by atoms with Crippen molar-refractivity contribution < 1.29 is 18.3 Å². The van der Waals surface area contributed by atoms with Crippen molar-refractivity contribution in [3.63, 3.8) is 0 Å². The van der Waals surface area contributed by atoms with Crippen molar-refractivity contribution in [2.45, 2.75) is 31.2 Å². The average molecular weight is 376 g/mol. The summed E-state index contributed by atoms with van der Waals surface area (Å²) < 4.78 is 40.5. The molecule has 1 fully saturated rings. The maximum Gasteiger partial charge on any atom is 0.433 e. The summed E-state index contributed by atoms with van der Waals surface area (Å²) in [5.41, 5.74) is -1.63. The zero-order valence-electron chi connectivity index (χ0n) is 13.9. The number of halogens is 3. The van der Waals surface area contributed by atoms with Crippen LogP contribution in [0.1, 0.15) is 18.5 Å². The molecular weight excluding hydrogens is 361 g/mol. The molecule has 1 saturated carbocycles. The molecule has 1 aromatic carbocycles. The van der Waals surface area contributed by atoms with E-state index in [0.717, 1.165) is 10.6 Å². The van der Waals surface area contributed by atoms with Gasteiger partial charge in [-0.05, 0) is 37.1 Å². The third kappa shape index (κ3) is 3.14. The van der Waals surface area contributed by atoms with Crippen molar-refractivity contribution in [2.75, 3.05) is 5.32 Å². The number of nitrogens with zero attached hydrogens (tertiary/aromatic N) is 3. The number of alkyl halides is 3. The number of hydrogen-bond acceptors (Lipinski definition) is 5. The predicted molar refractivity (Wildman–Crippen MR) is 92.8 cm³/mol. The molecule has 0 amide bonds. The Hall–Kier alpha value is -2.94. The lowest BCUT2D eigenvalue weighted by Crippen LogP contribution is -2.43. The highest BCUT2D eigenvalue weighted by atomic mass is 19.4. The van der Waals surface area contributed by atoms with Gasteiger partial charge in [-0.2, -0.15) is 18.2 Å². The van der Waals surface area contributed by atoms with Crippen molar-refractivity contribution in [1.29, 1.82) is 0 Å². The standard InChI is InChI=1S/C18H15F3N4O2/c19-18(20,21)14-9-6-11-15(22-12-7-8-13(12)26)24-17(27)25(16(11)23-14)10-4-2-1-3-5-10/h1-6,9,12-13,26H,7-8H2,(H,22,24,27)/t12-,13-/m1/s1. The SMILES string of the molecule is O=c1nc(N[C@@H]2CC[C@H]2O)c2ccc(C(F)(F)F)nc2n1-c1ccccc1. The van der Waals surface area contributed by atoms with E-state index in [1.54, 1.807) is 30.3 Å². The Labute approximate surface area is 151 Å². The first-order valence-corrected chi connectivity index (χ1v) is 8.35. The van der Waals surface area contributed by atoms with Gasteiger partial charge in [-0.25, -0.2) is 14.3 Å². The molecule has 2 N–H and O–H groups in total. The van der Waals surface area contributed by atoms with E-state index in [-0.39, 0.29) is 22.9 Å². The van der Waals surface area contributed by atoms with Crippen LogP contribution in [0.25, 0.3) is 16.7 Å². The lowest BCUT2D eigenvalue weighted by atomic mass is 9.89. The molecule has 1 aliphatic carbocycles. The fourth-order valence-corrected chi connectivity index (χ4v) is 3.00. The van der Waals surface area contributed by atoms with Gasteiger partial charge in [0.15, 0.2) is 5.65 Å². The second kappa shape index (κ2) is 6.34. The molecule has 0 spiro atoms. The summed E-state index contributed by atoms with van der Waals surface area (Å²) in [6.07, 6.45) is -3.93. The van der Waals surface area contributed by atoms with Gasteiger partial charge < -0.3 is 10.4 Å². The van der Waals surface area contributed by atoms with E-state index in [4.69, 9.17) is 0 Å². The van der Waals surface area contributed by atoms with Gasteiger partial charge in [0.25, 0.3) is 0 Å². The lowest BCUT2D eigenvalue weighted by Gasteiger charge is -2.33. The molecule has 0 bridgehead atoms. The first-order valence-electron chi connectivity index (χ1n) is 8.35. The van der Waals surface area contributed by atoms with Crippen molar-refractivity contribution in [3.05, 3.63) is 58.6 Å². The molecule has 0 unspecified atom stereocenters. The van der Waals surface area contributed by atoms with Gasteiger partial charge in [0.2, 0.25) is 0 Å². The van der Waals surface area contributed by atoms with Crippen LogP contribution in [-0.4, -0.2) is 31.8 Å². The van der Waals surface area contributed by atoms with E-state index in [1.807, 2.05) is 0 Å². The fourth-order valence-electron chi connectivity index (χ4n) is 3.00. The minimum absolute atomic E-state index is 0.118. The Bertz CT molecular complexity index is 1050. The Kier molecular flexibility index (Phi) is 4.11. The van der Waals surface area contributed by atoms with E-state index < -0.39 is 23.7 Å². The number of aliphatic hydroxyl groups is 1. The summed E-state index contributed by atoms with van der Waals surface area (Å²) in [5, 5.41) is 13.0. The highest BCUT2D eigenvalue weighted by molar-refractivity contribution is 5.88. The molecule has 2 heterocycles. The number of anilines is 1. The van der Waals surface area contributed by atoms with Crippen LogP contribution in [0.3, 0.4) is 0 Å². The summed E-state index contributed by atoms with van der Waals surface area (Å²) in [6.45, 7) is 0. The number of hydrogen-bond donors (Lipinski definition) is 2. The number of nitrogens with one attached hydrogen (secondary N) is 1. The van der Waals surface area contributed by atoms with Gasteiger partial charge in [-0.3, -0.25) is 0 Å². The number of aromatic nitrogens is 3. The highest BCUT2D eigenvalue weighted by Gasteiger charge is 2.34. The van der Waals surface area contributed by atoms with E-state index in [0.29, 0.717) is 18.5 Å². The fraction of sp³-hybridized carbons (Fsp3) is 0.278. The molecule has 0 aliphatic heterocycles. The third-order valence-electron chi connectivity index (χ3n) is 4.61. The van der Waals surface area contributed by atoms with Gasteiger partial charge in [0.05, 0.1) is 23.2 Å². The summed E-state index contributed by atoms with van der Waals surface area (Å²) >= 11 is 0. The summed E-state index contributed by atoms with van der Waals surface area (Å²) in [5.74, 6) is 0.118. The van der Waals surface area contributed by atoms with Crippen LogP contribution in [0.15, 0.2) is 47.3 Å². The van der Waals surface area contributed by atoms with Crippen molar-refractivity contribution in [1.82, 2.24) is 14.5 Å². The number of pyridine rings is 1. The van der Waals surface area contributed by atoms with Crippen LogP contribution in [-0.2, 0) is 6.18 Å². The van der Waals surface area contributed by atoms with Crippen molar-refractivity contribution >= 4 is 16.9 Å². The molecule has 6 nitrogen and oxygen atoms in total. The number of benzene rings is 1. The molecule has 0 saturated heterocycles. The molecule has 27 heavy (non-hydrogen) atoms. The Morgan fingerprint density at radius 1 is 1.07 bits per heavy atom. The third-order valence-corrected chi connectivity index (χ3v) is 4.61. The van der Waals surface area contributed by atoms with Gasteiger partial charge >= 0.3 is 11.9 Å². The molecule has 3 aromatic rings. The molecule has 0 radical (unpaired) electrons. The van der Waals surface area contributed by atoms with Crippen LogP contribution in [0, 0.1) is 0 Å². The monoisotopic (exact) mass is 376 g/mol. The van der Waals surface area contributed by atoms with E-state index in [2.05, 4.69) is 15.3 Å². The van der Waals surface area contributed by atoms with Crippen LogP contribution in [0.2, 0.25) is 0 Å². The van der Waals surface area contributed by atoms with Crippen LogP contribution in [0.5, 0.6) is 0 Å². The second-order valence-corrected chi connectivity index (χ2v) is 6.37. The van der Waals surface area contributed by atoms with Gasteiger partial charge in [0, 0.05) is 0 Å². The first-order chi connectivity index (χ1) is 12.8. The van der Waals surface area contributed by atoms with Crippen molar-refractivity contribution in [3.8, 4) is 5.69 Å². The quantitative estimate of drug-likeness (QED) is 0.735. The zero-order chi connectivity index (χ0) is 19.2. The van der Waals surface area contributed by atoms with Gasteiger partial charge in [0.1, 0.15) is 11.5 Å². The molecule has 9 heteroatoms. The predicted octanol–water partition coefficient (Wildman–Crippen LogP) is 2.73. The van der Waals surface area contributed by atoms with E-state index in [1.165, 1.54) is 6.07 Å². The molecule has 2 aromatic heterocycles. The smallest absolute Gasteiger partial charge is 0.391 e. The number of para-hydroxylation sites is 1. The normalized spacial score (nSPS) is 19.7. The maximum atomic E-state index is 13.2. The maximum absolute atomic E-state index is 13.2. The molecule has 4 rings (SSSR count). The van der Waals surface area contributed by atoms with Crippen LogP contribution < -0.4 is 11.0 Å². The van der Waals surface area contributed by atoms with Crippen molar-refractivity contribution in [2.24, 2.45) is 0 Å². The van der Waals surface area contributed by atoms with Gasteiger partial charge in [-0.15, -0.1) is 0 Å². The largest absolute Gasteiger partial charge is 0.433 e. The molecule has 2 atom stereocenters. The van der Waals surface area contributed by atoms with E-state index >= 15 is 0 Å².